The largest absolute Gasteiger partial charge is 0.315 e. The zero-order valence-corrected chi connectivity index (χ0v) is 8.89. The molecule has 5 nitrogen and oxygen atoms in total. The molecule has 0 aromatic carbocycles. The van der Waals surface area contributed by atoms with Crippen LogP contribution in [0.2, 0.25) is 0 Å². The lowest BCUT2D eigenvalue weighted by Crippen LogP contribution is -2.41. The van der Waals surface area contributed by atoms with Gasteiger partial charge in [-0.1, -0.05) is 0 Å². The topological polar surface area (TPSA) is 46.0 Å². The third kappa shape index (κ3) is 1.89. The molecule has 1 N–H and O–H groups in total. The first kappa shape index (κ1) is 9.30. The molecule has 0 saturated carbocycles. The highest BCUT2D eigenvalue weighted by atomic mass is 15.3. The van der Waals surface area contributed by atoms with Crippen LogP contribution in [0.5, 0.6) is 0 Å². The third-order valence-corrected chi connectivity index (χ3v) is 3.36. The SMILES string of the molecule is c1nnc2n1CCN(C[C@H]1CCCN1)C2. The summed E-state index contributed by atoms with van der Waals surface area (Å²) < 4.78 is 2.15. The number of hydrogen-bond donors (Lipinski definition) is 1. The summed E-state index contributed by atoms with van der Waals surface area (Å²) in [5, 5.41) is 11.6. The van der Waals surface area contributed by atoms with Gasteiger partial charge in [0.25, 0.3) is 0 Å². The molecule has 82 valence electrons. The summed E-state index contributed by atoms with van der Waals surface area (Å²) in [6.45, 7) is 5.47. The Kier molecular flexibility index (Phi) is 2.42. The maximum absolute atomic E-state index is 4.13. The van der Waals surface area contributed by atoms with Crippen molar-refractivity contribution in [1.29, 1.82) is 0 Å². The van der Waals surface area contributed by atoms with Crippen molar-refractivity contribution < 1.29 is 0 Å². The fraction of sp³-hybridized carbons (Fsp3) is 0.800. The first-order valence-electron chi connectivity index (χ1n) is 5.74. The monoisotopic (exact) mass is 207 g/mol. The summed E-state index contributed by atoms with van der Waals surface area (Å²) in [7, 11) is 0. The zero-order valence-electron chi connectivity index (χ0n) is 8.89. The highest BCUT2D eigenvalue weighted by Crippen LogP contribution is 2.12. The Morgan fingerprint density at radius 2 is 2.47 bits per heavy atom. The second-order valence-corrected chi connectivity index (χ2v) is 4.47. The summed E-state index contributed by atoms with van der Waals surface area (Å²) >= 11 is 0. The molecule has 0 spiro atoms. The number of fused-ring (bicyclic) bond motifs is 1. The van der Waals surface area contributed by atoms with E-state index in [-0.39, 0.29) is 0 Å². The van der Waals surface area contributed by atoms with Crippen LogP contribution in [0.1, 0.15) is 18.7 Å². The molecule has 0 bridgehead atoms. The summed E-state index contributed by atoms with van der Waals surface area (Å²) in [4.78, 5) is 2.48. The van der Waals surface area contributed by atoms with Crippen molar-refractivity contribution in [1.82, 2.24) is 25.0 Å². The summed E-state index contributed by atoms with van der Waals surface area (Å²) in [6, 6.07) is 0.694. The third-order valence-electron chi connectivity index (χ3n) is 3.36. The van der Waals surface area contributed by atoms with Crippen molar-refractivity contribution in [3.63, 3.8) is 0 Å². The molecule has 0 unspecified atom stereocenters. The molecule has 1 aromatic rings. The molecule has 5 heteroatoms. The standard InChI is InChI=1S/C10H17N5/c1-2-9(11-3-1)6-14-4-5-15-8-12-13-10(15)7-14/h8-9,11H,1-7H2/t9-/m1/s1. The molecule has 3 heterocycles. The van der Waals surface area contributed by atoms with Crippen LogP contribution in [0, 0.1) is 0 Å². The van der Waals surface area contributed by atoms with Gasteiger partial charge in [0.1, 0.15) is 12.2 Å². The quantitative estimate of drug-likeness (QED) is 0.732. The molecule has 2 aliphatic heterocycles. The van der Waals surface area contributed by atoms with Crippen LogP contribution in [0.25, 0.3) is 0 Å². The van der Waals surface area contributed by atoms with E-state index in [1.54, 1.807) is 0 Å². The molecule has 0 amide bonds. The predicted molar refractivity (Wildman–Crippen MR) is 56.3 cm³/mol. The minimum Gasteiger partial charge on any atom is -0.315 e. The van der Waals surface area contributed by atoms with E-state index in [1.807, 2.05) is 6.33 Å². The number of nitrogens with zero attached hydrogens (tertiary/aromatic N) is 4. The molecule has 2 aliphatic rings. The van der Waals surface area contributed by atoms with Crippen LogP contribution in [-0.2, 0) is 13.1 Å². The van der Waals surface area contributed by atoms with E-state index in [2.05, 4.69) is 25.0 Å². The molecular weight excluding hydrogens is 190 g/mol. The van der Waals surface area contributed by atoms with E-state index < -0.39 is 0 Å². The van der Waals surface area contributed by atoms with E-state index in [9.17, 15) is 0 Å². The van der Waals surface area contributed by atoms with Gasteiger partial charge in [0, 0.05) is 25.7 Å². The first-order valence-corrected chi connectivity index (χ1v) is 5.74. The summed E-state index contributed by atoms with van der Waals surface area (Å²) in [5.41, 5.74) is 0. The number of aromatic nitrogens is 3. The highest BCUT2D eigenvalue weighted by Gasteiger charge is 2.22. The lowest BCUT2D eigenvalue weighted by Gasteiger charge is -2.29. The van der Waals surface area contributed by atoms with Crippen molar-refractivity contribution >= 4 is 0 Å². The molecule has 1 saturated heterocycles. The van der Waals surface area contributed by atoms with Gasteiger partial charge in [0.05, 0.1) is 6.54 Å². The molecule has 1 fully saturated rings. The van der Waals surface area contributed by atoms with E-state index >= 15 is 0 Å². The van der Waals surface area contributed by atoms with Gasteiger partial charge in [-0.05, 0) is 19.4 Å². The Morgan fingerprint density at radius 1 is 1.47 bits per heavy atom. The van der Waals surface area contributed by atoms with Crippen molar-refractivity contribution in [3.05, 3.63) is 12.2 Å². The molecule has 15 heavy (non-hydrogen) atoms. The minimum absolute atomic E-state index is 0.694. The minimum atomic E-state index is 0.694. The molecule has 1 atom stereocenters. The summed E-state index contributed by atoms with van der Waals surface area (Å²) in [6.07, 6.45) is 4.48. The lowest BCUT2D eigenvalue weighted by molar-refractivity contribution is 0.199. The number of hydrogen-bond acceptors (Lipinski definition) is 4. The van der Waals surface area contributed by atoms with Crippen molar-refractivity contribution in [3.8, 4) is 0 Å². The molecule has 0 radical (unpaired) electrons. The van der Waals surface area contributed by atoms with Gasteiger partial charge in [-0.2, -0.15) is 0 Å². The van der Waals surface area contributed by atoms with Gasteiger partial charge in [-0.15, -0.1) is 10.2 Å². The van der Waals surface area contributed by atoms with Crippen molar-refractivity contribution in [2.24, 2.45) is 0 Å². The second-order valence-electron chi connectivity index (χ2n) is 4.47. The Bertz CT molecular complexity index is 328. The lowest BCUT2D eigenvalue weighted by atomic mass is 10.2. The van der Waals surface area contributed by atoms with Crippen LogP contribution in [-0.4, -0.2) is 45.3 Å². The Labute approximate surface area is 89.5 Å². The molecule has 0 aliphatic carbocycles. The van der Waals surface area contributed by atoms with Crippen molar-refractivity contribution in [2.75, 3.05) is 19.6 Å². The fourth-order valence-electron chi connectivity index (χ4n) is 2.50. The average Bonchev–Trinajstić information content (AvgIpc) is 2.87. The average molecular weight is 207 g/mol. The van der Waals surface area contributed by atoms with E-state index in [1.165, 1.54) is 19.4 Å². The maximum atomic E-state index is 4.13. The molecular formula is C10H17N5. The highest BCUT2D eigenvalue weighted by molar-refractivity contribution is 4.91. The Balaban J connectivity index is 1.61. The first-order chi connectivity index (χ1) is 7.42. The zero-order chi connectivity index (χ0) is 10.1. The van der Waals surface area contributed by atoms with Crippen LogP contribution in [0.4, 0.5) is 0 Å². The van der Waals surface area contributed by atoms with Crippen LogP contribution >= 0.6 is 0 Å². The fourth-order valence-corrected chi connectivity index (χ4v) is 2.50. The van der Waals surface area contributed by atoms with E-state index in [0.717, 1.165) is 32.0 Å². The maximum Gasteiger partial charge on any atom is 0.147 e. The van der Waals surface area contributed by atoms with Gasteiger partial charge in [-0.25, -0.2) is 0 Å². The van der Waals surface area contributed by atoms with Gasteiger partial charge in [-0.3, -0.25) is 4.90 Å². The van der Waals surface area contributed by atoms with E-state index in [0.29, 0.717) is 6.04 Å². The Morgan fingerprint density at radius 3 is 3.33 bits per heavy atom. The number of rotatable bonds is 2. The normalized spacial score (nSPS) is 26.8. The molecule has 1 aromatic heterocycles. The van der Waals surface area contributed by atoms with Gasteiger partial charge >= 0.3 is 0 Å². The smallest absolute Gasteiger partial charge is 0.147 e. The van der Waals surface area contributed by atoms with Crippen molar-refractivity contribution in [2.45, 2.75) is 32.0 Å². The Hall–Kier alpha value is -0.940. The van der Waals surface area contributed by atoms with E-state index in [4.69, 9.17) is 0 Å². The van der Waals surface area contributed by atoms with Crippen LogP contribution in [0.15, 0.2) is 6.33 Å². The van der Waals surface area contributed by atoms with Crippen LogP contribution < -0.4 is 5.32 Å². The number of nitrogens with one attached hydrogen (secondary N) is 1. The van der Waals surface area contributed by atoms with Crippen LogP contribution in [0.3, 0.4) is 0 Å². The molecule has 3 rings (SSSR count). The van der Waals surface area contributed by atoms with Gasteiger partial charge < -0.3 is 9.88 Å². The van der Waals surface area contributed by atoms with Gasteiger partial charge in [0.15, 0.2) is 0 Å². The summed E-state index contributed by atoms with van der Waals surface area (Å²) in [5.74, 6) is 1.11. The predicted octanol–water partition coefficient (Wildman–Crippen LogP) is -0.154. The second kappa shape index (κ2) is 3.90. The van der Waals surface area contributed by atoms with Gasteiger partial charge in [0.2, 0.25) is 0 Å².